The zero-order valence-electron chi connectivity index (χ0n) is 14.6. The lowest BCUT2D eigenvalue weighted by Gasteiger charge is -2.25. The van der Waals surface area contributed by atoms with Gasteiger partial charge in [-0.2, -0.15) is 11.8 Å². The van der Waals surface area contributed by atoms with Gasteiger partial charge in [0.25, 0.3) is 0 Å². The maximum Gasteiger partial charge on any atom is 0.227 e. The Morgan fingerprint density at radius 1 is 1.05 bits per heavy atom. The van der Waals surface area contributed by atoms with Gasteiger partial charge in [-0.05, 0) is 47.8 Å². The van der Waals surface area contributed by atoms with E-state index in [1.54, 1.807) is 11.8 Å². The molecule has 0 heterocycles. The first-order valence-corrected chi connectivity index (χ1v) is 8.76. The molecule has 0 saturated carbocycles. The molecule has 0 rings (SSSR count). The fourth-order valence-corrected chi connectivity index (χ4v) is 1.65. The average Bonchev–Trinajstić information content (AvgIpc) is 2.42. The molecule has 124 valence electrons. The molecule has 0 aromatic heterocycles. The first-order chi connectivity index (χ1) is 9.68. The Kier molecular flexibility index (Phi) is 8.78. The van der Waals surface area contributed by atoms with E-state index in [-0.39, 0.29) is 10.7 Å². The highest BCUT2D eigenvalue weighted by Crippen LogP contribution is 2.21. The van der Waals surface area contributed by atoms with E-state index in [0.717, 1.165) is 19.0 Å². The number of amides is 1. The monoisotopic (exact) mass is 316 g/mol. The van der Waals surface area contributed by atoms with Gasteiger partial charge in [-0.1, -0.05) is 0 Å². The van der Waals surface area contributed by atoms with Crippen molar-refractivity contribution in [1.82, 2.24) is 16.0 Å². The van der Waals surface area contributed by atoms with Crippen molar-refractivity contribution in [2.24, 2.45) is 10.4 Å². The van der Waals surface area contributed by atoms with Crippen molar-refractivity contribution < 1.29 is 4.79 Å². The standard InChI is InChI=1S/C15H32N4OS/c1-8-16-12(20)14(3,4)10-18-13(17-9-2)19-11-15(5,6)21-7/h8-11H2,1-7H3,(H,16,20)(H2,17,18,19). The van der Waals surface area contributed by atoms with Gasteiger partial charge in [0.05, 0.1) is 12.0 Å². The summed E-state index contributed by atoms with van der Waals surface area (Å²) < 4.78 is 0.109. The minimum absolute atomic E-state index is 0.0535. The Morgan fingerprint density at radius 2 is 1.62 bits per heavy atom. The summed E-state index contributed by atoms with van der Waals surface area (Å²) in [5.74, 6) is 0.815. The lowest BCUT2D eigenvalue weighted by Crippen LogP contribution is -2.48. The molecule has 0 aromatic rings. The first kappa shape index (κ1) is 20.1. The van der Waals surface area contributed by atoms with Gasteiger partial charge in [-0.15, -0.1) is 0 Å². The summed E-state index contributed by atoms with van der Waals surface area (Å²) in [7, 11) is 0. The highest BCUT2D eigenvalue weighted by molar-refractivity contribution is 7.99. The Bertz CT molecular complexity index is 354. The molecular formula is C15H32N4OS. The van der Waals surface area contributed by atoms with Crippen molar-refractivity contribution in [3.8, 4) is 0 Å². The van der Waals surface area contributed by atoms with E-state index < -0.39 is 5.41 Å². The zero-order chi connectivity index (χ0) is 16.5. The van der Waals surface area contributed by atoms with Crippen LogP contribution in [0.15, 0.2) is 4.99 Å². The van der Waals surface area contributed by atoms with Gasteiger partial charge in [-0.3, -0.25) is 9.79 Å². The number of carbonyl (C=O) groups excluding carboxylic acids is 1. The normalized spacial score (nSPS) is 13.0. The molecule has 3 N–H and O–H groups in total. The summed E-state index contributed by atoms with van der Waals surface area (Å²) in [5.41, 5.74) is -0.471. The molecule has 0 aliphatic heterocycles. The Hall–Kier alpha value is -0.910. The van der Waals surface area contributed by atoms with E-state index in [9.17, 15) is 4.79 Å². The molecule has 5 nitrogen and oxygen atoms in total. The summed E-state index contributed by atoms with van der Waals surface area (Å²) in [6.07, 6.45) is 2.09. The third-order valence-corrected chi connectivity index (χ3v) is 4.40. The lowest BCUT2D eigenvalue weighted by molar-refractivity contribution is -0.128. The minimum atomic E-state index is -0.471. The number of nitrogens with zero attached hydrogens (tertiary/aromatic N) is 1. The summed E-state index contributed by atoms with van der Waals surface area (Å²) in [6, 6.07) is 0. The van der Waals surface area contributed by atoms with Crippen molar-refractivity contribution >= 4 is 23.6 Å². The Balaban J connectivity index is 4.64. The van der Waals surface area contributed by atoms with Crippen molar-refractivity contribution in [2.75, 3.05) is 32.4 Å². The van der Waals surface area contributed by atoms with Crippen molar-refractivity contribution in [3.05, 3.63) is 0 Å². The van der Waals surface area contributed by atoms with Gasteiger partial charge in [0.1, 0.15) is 0 Å². The molecule has 0 fully saturated rings. The number of guanidine groups is 1. The van der Waals surface area contributed by atoms with Crippen LogP contribution in [0.2, 0.25) is 0 Å². The van der Waals surface area contributed by atoms with Crippen molar-refractivity contribution in [2.45, 2.75) is 46.3 Å². The highest BCUT2D eigenvalue weighted by Gasteiger charge is 2.27. The van der Waals surface area contributed by atoms with Gasteiger partial charge >= 0.3 is 0 Å². The Labute approximate surface area is 134 Å². The number of thioether (sulfide) groups is 1. The summed E-state index contributed by atoms with van der Waals surface area (Å²) in [5, 5.41) is 9.35. The molecule has 0 radical (unpaired) electrons. The van der Waals surface area contributed by atoms with E-state index in [4.69, 9.17) is 0 Å². The maximum atomic E-state index is 12.0. The largest absolute Gasteiger partial charge is 0.357 e. The summed E-state index contributed by atoms with van der Waals surface area (Å²) in [6.45, 7) is 14.9. The SMILES string of the molecule is CCNC(=O)C(C)(C)CNC(=NCC(C)(C)SC)NCC. The second-order valence-electron chi connectivity index (χ2n) is 6.26. The number of hydrogen-bond donors (Lipinski definition) is 3. The molecule has 0 atom stereocenters. The predicted octanol–water partition coefficient (Wildman–Crippen LogP) is 1.85. The van der Waals surface area contributed by atoms with Crippen LogP contribution >= 0.6 is 11.8 Å². The zero-order valence-corrected chi connectivity index (χ0v) is 15.4. The molecule has 6 heteroatoms. The van der Waals surface area contributed by atoms with Crippen LogP contribution in [0.25, 0.3) is 0 Å². The lowest BCUT2D eigenvalue weighted by atomic mass is 9.92. The topological polar surface area (TPSA) is 65.5 Å². The van der Waals surface area contributed by atoms with Crippen molar-refractivity contribution in [1.29, 1.82) is 0 Å². The molecule has 0 saturated heterocycles. The molecule has 1 amide bonds. The van der Waals surface area contributed by atoms with Crippen LogP contribution in [-0.2, 0) is 4.79 Å². The second-order valence-corrected chi connectivity index (χ2v) is 7.77. The smallest absolute Gasteiger partial charge is 0.227 e. The van der Waals surface area contributed by atoms with Crippen LogP contribution in [-0.4, -0.2) is 49.0 Å². The average molecular weight is 317 g/mol. The van der Waals surface area contributed by atoms with Crippen LogP contribution in [0.4, 0.5) is 0 Å². The number of carbonyl (C=O) groups is 1. The minimum Gasteiger partial charge on any atom is -0.357 e. The van der Waals surface area contributed by atoms with Gasteiger partial charge in [-0.25, -0.2) is 0 Å². The van der Waals surface area contributed by atoms with E-state index in [1.807, 2.05) is 27.7 Å². The number of hydrogen-bond acceptors (Lipinski definition) is 3. The quantitative estimate of drug-likeness (QED) is 0.472. The van der Waals surface area contributed by atoms with E-state index in [0.29, 0.717) is 13.1 Å². The Morgan fingerprint density at radius 3 is 2.10 bits per heavy atom. The molecule has 0 spiro atoms. The predicted molar refractivity (Wildman–Crippen MR) is 94.0 cm³/mol. The molecule has 21 heavy (non-hydrogen) atoms. The fourth-order valence-electron chi connectivity index (χ4n) is 1.46. The molecule has 0 unspecified atom stereocenters. The van der Waals surface area contributed by atoms with Crippen LogP contribution in [0.1, 0.15) is 41.5 Å². The van der Waals surface area contributed by atoms with E-state index in [1.165, 1.54) is 0 Å². The molecule has 0 aliphatic carbocycles. The van der Waals surface area contributed by atoms with Crippen molar-refractivity contribution in [3.63, 3.8) is 0 Å². The number of rotatable bonds is 8. The third-order valence-electron chi connectivity index (χ3n) is 3.16. The van der Waals surface area contributed by atoms with Crippen LogP contribution in [0, 0.1) is 5.41 Å². The highest BCUT2D eigenvalue weighted by atomic mass is 32.2. The summed E-state index contributed by atoms with van der Waals surface area (Å²) >= 11 is 1.80. The fraction of sp³-hybridized carbons (Fsp3) is 0.867. The molecular weight excluding hydrogens is 284 g/mol. The van der Waals surface area contributed by atoms with Gasteiger partial charge in [0.15, 0.2) is 5.96 Å². The number of nitrogens with one attached hydrogen (secondary N) is 3. The van der Waals surface area contributed by atoms with Gasteiger partial charge in [0, 0.05) is 24.4 Å². The third kappa shape index (κ3) is 8.19. The molecule has 0 aromatic carbocycles. The van der Waals surface area contributed by atoms with Gasteiger partial charge < -0.3 is 16.0 Å². The van der Waals surface area contributed by atoms with E-state index >= 15 is 0 Å². The van der Waals surface area contributed by atoms with E-state index in [2.05, 4.69) is 41.0 Å². The van der Waals surface area contributed by atoms with Crippen LogP contribution in [0.3, 0.4) is 0 Å². The maximum absolute atomic E-state index is 12.0. The van der Waals surface area contributed by atoms with Crippen LogP contribution < -0.4 is 16.0 Å². The first-order valence-electron chi connectivity index (χ1n) is 7.54. The molecule has 0 aliphatic rings. The number of aliphatic imine (C=N–C) groups is 1. The second kappa shape index (κ2) is 9.18. The van der Waals surface area contributed by atoms with Crippen LogP contribution in [0.5, 0.6) is 0 Å². The summed E-state index contributed by atoms with van der Waals surface area (Å²) in [4.78, 5) is 16.6. The van der Waals surface area contributed by atoms with Gasteiger partial charge in [0.2, 0.25) is 5.91 Å². The molecule has 0 bridgehead atoms.